The van der Waals surface area contributed by atoms with Crippen molar-refractivity contribution in [1.29, 1.82) is 0 Å². The Labute approximate surface area is 149 Å². The fraction of sp³-hybridized carbons (Fsp3) is 0.353. The maximum absolute atomic E-state index is 12.4. The molecule has 0 aromatic heterocycles. The fourth-order valence-corrected chi connectivity index (χ4v) is 4.07. The van der Waals surface area contributed by atoms with Gasteiger partial charge in [-0.25, -0.2) is 0 Å². The highest BCUT2D eigenvalue weighted by Gasteiger charge is 2.31. The number of ether oxygens (including phenoxy) is 1. The van der Waals surface area contributed by atoms with Gasteiger partial charge in [0.15, 0.2) is 0 Å². The van der Waals surface area contributed by atoms with E-state index in [4.69, 9.17) is 17.0 Å². The molecule has 2 aliphatic heterocycles. The molecular weight excluding hydrogens is 346 g/mol. The first-order valence-electron chi connectivity index (χ1n) is 7.69. The minimum absolute atomic E-state index is 0.0842. The Balaban J connectivity index is 1.72. The van der Waals surface area contributed by atoms with Gasteiger partial charge in [-0.05, 0) is 49.1 Å². The van der Waals surface area contributed by atoms with E-state index in [1.165, 1.54) is 16.7 Å². The monoisotopic (exact) mass is 362 g/mol. The number of hydrogen-bond donors (Lipinski definition) is 0. The van der Waals surface area contributed by atoms with Gasteiger partial charge in [0.05, 0.1) is 4.91 Å². The van der Waals surface area contributed by atoms with Crippen LogP contribution < -0.4 is 9.84 Å². The Morgan fingerprint density at radius 3 is 3.08 bits per heavy atom. The summed E-state index contributed by atoms with van der Waals surface area (Å²) in [5.41, 5.74) is 2.07. The molecule has 0 aliphatic carbocycles. The number of benzene rings is 1. The van der Waals surface area contributed by atoms with E-state index in [9.17, 15) is 14.7 Å². The topological polar surface area (TPSA) is 69.7 Å². The summed E-state index contributed by atoms with van der Waals surface area (Å²) < 4.78 is 6.14. The van der Waals surface area contributed by atoms with E-state index in [0.29, 0.717) is 22.2 Å². The molecular formula is C17H16NO4S2-. The van der Waals surface area contributed by atoms with E-state index in [1.807, 2.05) is 31.2 Å². The number of rotatable bonds is 5. The van der Waals surface area contributed by atoms with E-state index in [0.717, 1.165) is 23.3 Å². The van der Waals surface area contributed by atoms with Crippen molar-refractivity contribution in [2.24, 2.45) is 0 Å². The average Bonchev–Trinajstić information content (AvgIpc) is 3.00. The second kappa shape index (κ2) is 6.94. The summed E-state index contributed by atoms with van der Waals surface area (Å²) in [6.45, 7) is 2.32. The van der Waals surface area contributed by atoms with Crippen molar-refractivity contribution in [2.75, 3.05) is 6.54 Å². The van der Waals surface area contributed by atoms with Crippen LogP contribution in [0.4, 0.5) is 0 Å². The number of carboxylic acid groups (broad SMARTS) is 1. The van der Waals surface area contributed by atoms with Gasteiger partial charge < -0.3 is 14.6 Å². The third-order valence-electron chi connectivity index (χ3n) is 3.85. The molecule has 0 radical (unpaired) electrons. The molecule has 0 saturated carbocycles. The molecule has 126 valence electrons. The first kappa shape index (κ1) is 17.0. The van der Waals surface area contributed by atoms with Crippen LogP contribution in [-0.2, 0) is 16.0 Å². The minimum Gasteiger partial charge on any atom is -0.550 e. The normalized spacial score (nSPS) is 21.3. The van der Waals surface area contributed by atoms with Crippen LogP contribution in [0.3, 0.4) is 0 Å². The predicted molar refractivity (Wildman–Crippen MR) is 94.4 cm³/mol. The van der Waals surface area contributed by atoms with Gasteiger partial charge in [0.25, 0.3) is 5.91 Å². The molecule has 2 aliphatic rings. The number of aliphatic carboxylic acids is 1. The highest BCUT2D eigenvalue weighted by Crippen LogP contribution is 2.34. The molecule has 7 heteroatoms. The average molecular weight is 362 g/mol. The van der Waals surface area contributed by atoms with Crippen LogP contribution in [-0.4, -0.2) is 33.7 Å². The van der Waals surface area contributed by atoms with Gasteiger partial charge in [0.1, 0.15) is 16.2 Å². The lowest BCUT2D eigenvalue weighted by atomic mass is 10.1. The maximum Gasteiger partial charge on any atom is 0.266 e. The number of thiocarbonyl (C=S) groups is 1. The summed E-state index contributed by atoms with van der Waals surface area (Å²) in [5, 5.41) is 10.5. The summed E-state index contributed by atoms with van der Waals surface area (Å²) in [4.78, 5) is 24.9. The molecule has 3 rings (SSSR count). The predicted octanol–water partition coefficient (Wildman–Crippen LogP) is 1.74. The number of thioether (sulfide) groups is 1. The molecule has 1 saturated heterocycles. The first-order valence-corrected chi connectivity index (χ1v) is 8.91. The maximum atomic E-state index is 12.4. The number of carbonyl (C=O) groups excluding carboxylic acids is 2. The van der Waals surface area contributed by atoms with E-state index in [2.05, 4.69) is 0 Å². The van der Waals surface area contributed by atoms with Crippen molar-refractivity contribution in [3.63, 3.8) is 0 Å². The molecule has 1 amide bonds. The molecule has 0 N–H and O–H groups in total. The zero-order valence-corrected chi connectivity index (χ0v) is 14.7. The lowest BCUT2D eigenvalue weighted by Crippen LogP contribution is -2.30. The second-order valence-electron chi connectivity index (χ2n) is 5.81. The van der Waals surface area contributed by atoms with Crippen molar-refractivity contribution in [3.05, 3.63) is 34.2 Å². The van der Waals surface area contributed by atoms with Gasteiger partial charge in [-0.1, -0.05) is 30.0 Å². The molecule has 1 aromatic carbocycles. The van der Waals surface area contributed by atoms with Crippen LogP contribution >= 0.6 is 24.0 Å². The number of fused-ring (bicyclic) bond motifs is 1. The van der Waals surface area contributed by atoms with Crippen molar-refractivity contribution in [1.82, 2.24) is 4.90 Å². The molecule has 0 bridgehead atoms. The quantitative estimate of drug-likeness (QED) is 0.587. The van der Waals surface area contributed by atoms with Gasteiger partial charge in [-0.3, -0.25) is 9.69 Å². The third kappa shape index (κ3) is 3.62. The van der Waals surface area contributed by atoms with Gasteiger partial charge in [0.2, 0.25) is 0 Å². The van der Waals surface area contributed by atoms with Crippen molar-refractivity contribution in [3.8, 4) is 5.75 Å². The molecule has 5 nitrogen and oxygen atoms in total. The Hall–Kier alpha value is -1.86. The Morgan fingerprint density at radius 1 is 1.54 bits per heavy atom. The number of hydrogen-bond acceptors (Lipinski definition) is 6. The smallest absolute Gasteiger partial charge is 0.266 e. The summed E-state index contributed by atoms with van der Waals surface area (Å²) in [6, 6.07) is 5.87. The minimum atomic E-state index is -1.12. The van der Waals surface area contributed by atoms with Crippen LogP contribution in [0.2, 0.25) is 0 Å². The van der Waals surface area contributed by atoms with Crippen LogP contribution in [0, 0.1) is 0 Å². The van der Waals surface area contributed by atoms with Crippen molar-refractivity contribution in [2.45, 2.75) is 32.3 Å². The van der Waals surface area contributed by atoms with E-state index in [-0.39, 0.29) is 18.4 Å². The molecule has 1 aromatic rings. The molecule has 2 heterocycles. The fourth-order valence-electron chi connectivity index (χ4n) is 2.76. The lowest BCUT2D eigenvalue weighted by molar-refractivity contribution is -0.305. The molecule has 0 spiro atoms. The SMILES string of the molecule is C[C@@H]1Cc2cc(/C=C3/SC(=S)N(CCCC(=O)[O-])C3=O)ccc2O1. The summed E-state index contributed by atoms with van der Waals surface area (Å²) >= 11 is 6.47. The van der Waals surface area contributed by atoms with Crippen LogP contribution in [0.5, 0.6) is 5.75 Å². The van der Waals surface area contributed by atoms with E-state index < -0.39 is 5.97 Å². The highest BCUT2D eigenvalue weighted by molar-refractivity contribution is 8.26. The Kier molecular flexibility index (Phi) is 4.91. The summed E-state index contributed by atoms with van der Waals surface area (Å²) in [6.07, 6.45) is 3.11. The zero-order chi connectivity index (χ0) is 17.3. The number of carbonyl (C=O) groups is 2. The van der Waals surface area contributed by atoms with Crippen molar-refractivity contribution >= 4 is 46.3 Å². The molecule has 0 unspecified atom stereocenters. The van der Waals surface area contributed by atoms with Crippen LogP contribution in [0.25, 0.3) is 6.08 Å². The lowest BCUT2D eigenvalue weighted by Gasteiger charge is -2.14. The zero-order valence-electron chi connectivity index (χ0n) is 13.1. The van der Waals surface area contributed by atoms with Gasteiger partial charge in [-0.2, -0.15) is 0 Å². The number of carboxylic acids is 1. The third-order valence-corrected chi connectivity index (χ3v) is 5.23. The number of nitrogens with zero attached hydrogens (tertiary/aromatic N) is 1. The standard InChI is InChI=1S/C17H17NO4S2/c1-10-7-12-8-11(4-5-13(12)22-10)9-14-16(21)18(17(23)24-14)6-2-3-15(19)20/h4-5,8-10H,2-3,6-7H2,1H3,(H,19,20)/p-1/b14-9+/t10-/m1/s1. The number of amides is 1. The van der Waals surface area contributed by atoms with Crippen LogP contribution in [0.1, 0.15) is 30.9 Å². The highest BCUT2D eigenvalue weighted by atomic mass is 32.2. The molecule has 24 heavy (non-hydrogen) atoms. The Bertz CT molecular complexity index is 744. The largest absolute Gasteiger partial charge is 0.550 e. The van der Waals surface area contributed by atoms with E-state index >= 15 is 0 Å². The van der Waals surface area contributed by atoms with Gasteiger partial charge in [0, 0.05) is 18.9 Å². The van der Waals surface area contributed by atoms with Crippen molar-refractivity contribution < 1.29 is 19.4 Å². The molecule has 1 fully saturated rings. The first-order chi connectivity index (χ1) is 11.4. The van der Waals surface area contributed by atoms with Crippen LogP contribution in [0.15, 0.2) is 23.1 Å². The molecule has 1 atom stereocenters. The van der Waals surface area contributed by atoms with Gasteiger partial charge in [-0.15, -0.1) is 0 Å². The van der Waals surface area contributed by atoms with E-state index in [1.54, 1.807) is 0 Å². The summed E-state index contributed by atoms with van der Waals surface area (Å²) in [7, 11) is 0. The Morgan fingerprint density at radius 2 is 2.33 bits per heavy atom. The summed E-state index contributed by atoms with van der Waals surface area (Å²) in [5.74, 6) is -0.395. The van der Waals surface area contributed by atoms with Gasteiger partial charge >= 0.3 is 0 Å². The second-order valence-corrected chi connectivity index (χ2v) is 7.48.